The number of hydrogen-bond acceptors (Lipinski definition) is 1. The summed E-state index contributed by atoms with van der Waals surface area (Å²) in [5.41, 5.74) is 4.91. The van der Waals surface area contributed by atoms with Crippen molar-refractivity contribution in [1.82, 2.24) is 0 Å². The molecule has 1 heterocycles. The summed E-state index contributed by atoms with van der Waals surface area (Å²) in [5, 5.41) is 1.27. The molecular weight excluding hydrogens is 357 g/mol. The van der Waals surface area contributed by atoms with E-state index in [1.807, 2.05) is 0 Å². The second-order valence-electron chi connectivity index (χ2n) is 5.72. The van der Waals surface area contributed by atoms with Gasteiger partial charge >= 0.3 is 0 Å². The first-order valence-electron chi connectivity index (χ1n) is 7.48. The summed E-state index contributed by atoms with van der Waals surface area (Å²) < 4.78 is 2.15. The van der Waals surface area contributed by atoms with Gasteiger partial charge in [-0.3, -0.25) is 0 Å². The monoisotopic (exact) mass is 378 g/mol. The Morgan fingerprint density at radius 2 is 1.57 bits per heavy atom. The molecule has 0 saturated carbocycles. The fourth-order valence-electron chi connectivity index (χ4n) is 2.60. The van der Waals surface area contributed by atoms with Gasteiger partial charge in [-0.15, -0.1) is 0 Å². The summed E-state index contributed by atoms with van der Waals surface area (Å²) in [6, 6.07) is 19.2. The molecule has 0 bridgehead atoms. The van der Waals surface area contributed by atoms with Crippen molar-refractivity contribution < 1.29 is 37.3 Å². The van der Waals surface area contributed by atoms with Crippen LogP contribution in [0.4, 0.5) is 5.69 Å². The molecule has 23 heavy (non-hydrogen) atoms. The molecule has 0 N–H and O–H groups in total. The first-order valence-corrected chi connectivity index (χ1v) is 7.48. The predicted molar refractivity (Wildman–Crippen MR) is 94.8 cm³/mol. The first kappa shape index (κ1) is 17.8. The molecule has 0 spiro atoms. The minimum atomic E-state index is 0. The molecule has 3 aromatic rings. The van der Waals surface area contributed by atoms with Gasteiger partial charge in [0.1, 0.15) is 7.05 Å². The van der Waals surface area contributed by atoms with Crippen molar-refractivity contribution in [2.24, 2.45) is 7.05 Å². The van der Waals surface area contributed by atoms with Crippen molar-refractivity contribution in [2.75, 3.05) is 19.0 Å². The smallest absolute Gasteiger partial charge is 0.212 e. The summed E-state index contributed by atoms with van der Waals surface area (Å²) in [5.74, 6) is 0. The van der Waals surface area contributed by atoms with E-state index in [2.05, 4.69) is 104 Å². The minimum absolute atomic E-state index is 0. The Morgan fingerprint density at radius 3 is 2.26 bits per heavy atom. The van der Waals surface area contributed by atoms with Crippen molar-refractivity contribution in [3.8, 4) is 0 Å². The van der Waals surface area contributed by atoms with Crippen LogP contribution in [-0.2, 0) is 39.8 Å². The van der Waals surface area contributed by atoms with Crippen LogP contribution in [0.1, 0.15) is 11.1 Å². The van der Waals surface area contributed by atoms with Crippen molar-refractivity contribution in [2.45, 2.75) is 0 Å². The van der Waals surface area contributed by atoms with Gasteiger partial charge in [0.05, 0.1) is 5.39 Å². The zero-order chi connectivity index (χ0) is 15.5. The summed E-state index contributed by atoms with van der Waals surface area (Å²) in [4.78, 5) is 2.11. The van der Waals surface area contributed by atoms with Crippen LogP contribution >= 0.6 is 0 Å². The molecule has 2 aromatic carbocycles. The third-order valence-electron chi connectivity index (χ3n) is 3.94. The fourth-order valence-corrected chi connectivity index (χ4v) is 2.60. The van der Waals surface area contributed by atoms with Gasteiger partial charge < -0.3 is 4.90 Å². The Balaban J connectivity index is 0.00000192. The molecule has 3 rings (SSSR count). The van der Waals surface area contributed by atoms with Gasteiger partial charge in [0.2, 0.25) is 5.52 Å². The van der Waals surface area contributed by atoms with Gasteiger partial charge in [0.25, 0.3) is 0 Å². The van der Waals surface area contributed by atoms with Gasteiger partial charge in [-0.2, -0.15) is 0 Å². The van der Waals surface area contributed by atoms with Crippen LogP contribution in [-0.4, -0.2) is 14.1 Å². The first-order chi connectivity index (χ1) is 10.6. The number of aryl methyl sites for hydroxylation is 1. The maximum absolute atomic E-state index is 2.19. The van der Waals surface area contributed by atoms with Crippen LogP contribution in [0.2, 0.25) is 0 Å². The van der Waals surface area contributed by atoms with E-state index in [0.29, 0.717) is 0 Å². The predicted octanol–water partition coefficient (Wildman–Crippen LogP) is 3.90. The van der Waals surface area contributed by atoms with E-state index in [1.165, 1.54) is 27.7 Å². The number of fused-ring (bicyclic) bond motifs is 1. The molecule has 1 aromatic heterocycles. The molecule has 3 heteroatoms. The Morgan fingerprint density at radius 1 is 0.870 bits per heavy atom. The normalized spacial score (nSPS) is 10.7. The standard InChI is InChI=1S/C20H21N2.Y/c1-21(2)18-12-9-16(10-13-18)8-11-17-14-15-22(3)20-7-5-4-6-19(17)20;/h4-15H,1-3H3;/q+1;. The quantitative estimate of drug-likeness (QED) is 0.627. The second kappa shape index (κ2) is 7.85. The van der Waals surface area contributed by atoms with E-state index in [0.717, 1.165) is 0 Å². The van der Waals surface area contributed by atoms with E-state index in [4.69, 9.17) is 0 Å². The number of anilines is 1. The summed E-state index contributed by atoms with van der Waals surface area (Å²) in [7, 11) is 6.19. The average Bonchev–Trinajstić information content (AvgIpc) is 2.55. The van der Waals surface area contributed by atoms with Gasteiger partial charge in [0.15, 0.2) is 6.20 Å². The maximum atomic E-state index is 2.19. The molecule has 1 radical (unpaired) electrons. The van der Waals surface area contributed by atoms with E-state index in [1.54, 1.807) is 0 Å². The number of nitrogens with zero attached hydrogens (tertiary/aromatic N) is 2. The number of pyridine rings is 1. The van der Waals surface area contributed by atoms with E-state index < -0.39 is 0 Å². The Kier molecular flexibility index (Phi) is 6.09. The second-order valence-corrected chi connectivity index (χ2v) is 5.72. The third-order valence-corrected chi connectivity index (χ3v) is 3.94. The average molecular weight is 378 g/mol. The van der Waals surface area contributed by atoms with Crippen molar-refractivity contribution >= 4 is 28.7 Å². The molecule has 0 aliphatic heterocycles. The number of benzene rings is 2. The molecule has 113 valence electrons. The van der Waals surface area contributed by atoms with Crippen LogP contribution in [0.5, 0.6) is 0 Å². The molecule has 0 unspecified atom stereocenters. The van der Waals surface area contributed by atoms with Gasteiger partial charge in [-0.1, -0.05) is 36.4 Å². The van der Waals surface area contributed by atoms with E-state index >= 15 is 0 Å². The minimum Gasteiger partial charge on any atom is -0.378 e. The van der Waals surface area contributed by atoms with Crippen LogP contribution in [0, 0.1) is 0 Å². The summed E-state index contributed by atoms with van der Waals surface area (Å²) in [6.45, 7) is 0. The number of para-hydroxylation sites is 1. The Hall–Kier alpha value is -1.51. The summed E-state index contributed by atoms with van der Waals surface area (Å²) in [6.07, 6.45) is 6.46. The van der Waals surface area contributed by atoms with Crippen LogP contribution in [0.25, 0.3) is 23.1 Å². The SMILES string of the molecule is CN(C)c1ccc(C=Cc2cc[n+](C)c3ccccc23)cc1.[Y]. The Bertz CT molecular complexity index is 821. The van der Waals surface area contributed by atoms with Crippen LogP contribution in [0.15, 0.2) is 60.8 Å². The third kappa shape index (κ3) is 4.07. The topological polar surface area (TPSA) is 7.12 Å². The number of hydrogen-bond donors (Lipinski definition) is 0. The van der Waals surface area contributed by atoms with E-state index in [-0.39, 0.29) is 32.7 Å². The number of aromatic nitrogens is 1. The maximum Gasteiger partial charge on any atom is 0.212 e. The van der Waals surface area contributed by atoms with Gasteiger partial charge in [0, 0.05) is 64.6 Å². The zero-order valence-electron chi connectivity index (χ0n) is 13.9. The Labute approximate surface area is 163 Å². The van der Waals surface area contributed by atoms with Crippen molar-refractivity contribution in [3.05, 3.63) is 71.9 Å². The molecule has 0 amide bonds. The molecule has 0 saturated heterocycles. The summed E-state index contributed by atoms with van der Waals surface area (Å²) >= 11 is 0. The molecule has 0 aliphatic rings. The fraction of sp³-hybridized carbons (Fsp3) is 0.150. The van der Waals surface area contributed by atoms with Crippen LogP contribution in [0.3, 0.4) is 0 Å². The molecule has 0 atom stereocenters. The van der Waals surface area contributed by atoms with Crippen molar-refractivity contribution in [1.29, 1.82) is 0 Å². The number of rotatable bonds is 3. The zero-order valence-corrected chi connectivity index (χ0v) is 16.7. The van der Waals surface area contributed by atoms with Crippen molar-refractivity contribution in [3.63, 3.8) is 0 Å². The molecule has 0 aliphatic carbocycles. The largest absolute Gasteiger partial charge is 0.378 e. The van der Waals surface area contributed by atoms with E-state index in [9.17, 15) is 0 Å². The van der Waals surface area contributed by atoms with Gasteiger partial charge in [-0.25, -0.2) is 4.57 Å². The molecular formula is C20H21N2Y+. The molecule has 2 nitrogen and oxygen atoms in total. The van der Waals surface area contributed by atoms with Gasteiger partial charge in [-0.05, 0) is 29.3 Å². The molecule has 0 fully saturated rings. The van der Waals surface area contributed by atoms with Crippen LogP contribution < -0.4 is 9.47 Å².